The minimum atomic E-state index is 0.497. The molecule has 0 aromatic heterocycles. The summed E-state index contributed by atoms with van der Waals surface area (Å²) in [7, 11) is 2.03. The molecular formula is C10H21NO. The fourth-order valence-electron chi connectivity index (χ4n) is 1.84. The molecule has 0 aromatic carbocycles. The first kappa shape index (κ1) is 10.0. The first-order valence-electron chi connectivity index (χ1n) is 5.00. The van der Waals surface area contributed by atoms with Crippen molar-refractivity contribution in [3.8, 4) is 0 Å². The van der Waals surface area contributed by atoms with Crippen molar-refractivity contribution in [2.45, 2.75) is 32.8 Å². The molecule has 2 atom stereocenters. The summed E-state index contributed by atoms with van der Waals surface area (Å²) in [5, 5.41) is 3.24. The Bertz CT molecular complexity index is 123. The summed E-state index contributed by atoms with van der Waals surface area (Å²) in [6.07, 6.45) is 2.96. The second-order valence-corrected chi connectivity index (χ2v) is 4.10. The molecular weight excluding hydrogens is 150 g/mol. The SMILES string of the molecule is CNCC1CCOC(C(C)C)C1. The molecule has 2 nitrogen and oxygen atoms in total. The van der Waals surface area contributed by atoms with E-state index in [4.69, 9.17) is 4.74 Å². The fraction of sp³-hybridized carbons (Fsp3) is 1.00. The third-order valence-electron chi connectivity index (χ3n) is 2.66. The summed E-state index contributed by atoms with van der Waals surface area (Å²) >= 11 is 0. The molecule has 1 aliphatic heterocycles. The quantitative estimate of drug-likeness (QED) is 0.697. The molecule has 0 aliphatic carbocycles. The maximum atomic E-state index is 5.69. The van der Waals surface area contributed by atoms with Gasteiger partial charge in [0.05, 0.1) is 6.10 Å². The largest absolute Gasteiger partial charge is 0.378 e. The minimum Gasteiger partial charge on any atom is -0.378 e. The molecule has 1 N–H and O–H groups in total. The average molecular weight is 171 g/mol. The van der Waals surface area contributed by atoms with Gasteiger partial charge < -0.3 is 10.1 Å². The number of hydrogen-bond donors (Lipinski definition) is 1. The number of hydrogen-bond acceptors (Lipinski definition) is 2. The van der Waals surface area contributed by atoms with Crippen LogP contribution in [0.3, 0.4) is 0 Å². The Kier molecular flexibility index (Phi) is 4.02. The number of nitrogens with one attached hydrogen (secondary N) is 1. The predicted octanol–water partition coefficient (Wildman–Crippen LogP) is 1.66. The molecule has 1 rings (SSSR count). The van der Waals surface area contributed by atoms with Crippen LogP contribution < -0.4 is 5.32 Å². The van der Waals surface area contributed by atoms with Crippen LogP contribution in [0.1, 0.15) is 26.7 Å². The van der Waals surface area contributed by atoms with Crippen LogP contribution >= 0.6 is 0 Å². The Labute approximate surface area is 75.7 Å². The molecule has 72 valence electrons. The van der Waals surface area contributed by atoms with E-state index in [9.17, 15) is 0 Å². The molecule has 0 radical (unpaired) electrons. The lowest BCUT2D eigenvalue weighted by Gasteiger charge is -2.31. The van der Waals surface area contributed by atoms with Gasteiger partial charge in [-0.25, -0.2) is 0 Å². The highest BCUT2D eigenvalue weighted by atomic mass is 16.5. The summed E-state index contributed by atoms with van der Waals surface area (Å²) in [4.78, 5) is 0. The highest BCUT2D eigenvalue weighted by molar-refractivity contribution is 4.74. The van der Waals surface area contributed by atoms with Crippen molar-refractivity contribution in [1.29, 1.82) is 0 Å². The van der Waals surface area contributed by atoms with E-state index in [0.717, 1.165) is 19.1 Å². The minimum absolute atomic E-state index is 0.497. The van der Waals surface area contributed by atoms with E-state index in [0.29, 0.717) is 12.0 Å². The summed E-state index contributed by atoms with van der Waals surface area (Å²) in [6, 6.07) is 0. The lowest BCUT2D eigenvalue weighted by atomic mass is 9.90. The Morgan fingerprint density at radius 3 is 2.83 bits per heavy atom. The van der Waals surface area contributed by atoms with Crippen LogP contribution in [0.4, 0.5) is 0 Å². The molecule has 0 aromatic rings. The van der Waals surface area contributed by atoms with Crippen molar-refractivity contribution in [2.24, 2.45) is 11.8 Å². The van der Waals surface area contributed by atoms with E-state index in [1.54, 1.807) is 0 Å². The van der Waals surface area contributed by atoms with Gasteiger partial charge in [0.1, 0.15) is 0 Å². The second-order valence-electron chi connectivity index (χ2n) is 4.10. The Morgan fingerprint density at radius 2 is 2.25 bits per heavy atom. The summed E-state index contributed by atoms with van der Waals surface area (Å²) in [6.45, 7) is 6.58. The van der Waals surface area contributed by atoms with Gasteiger partial charge >= 0.3 is 0 Å². The topological polar surface area (TPSA) is 21.3 Å². The third kappa shape index (κ3) is 2.76. The van der Waals surface area contributed by atoms with Crippen LogP contribution in [0, 0.1) is 11.8 Å². The van der Waals surface area contributed by atoms with E-state index in [1.165, 1.54) is 12.8 Å². The van der Waals surface area contributed by atoms with E-state index in [-0.39, 0.29) is 0 Å². The molecule has 1 fully saturated rings. The third-order valence-corrected chi connectivity index (χ3v) is 2.66. The normalized spacial score (nSPS) is 31.0. The van der Waals surface area contributed by atoms with Crippen molar-refractivity contribution < 1.29 is 4.74 Å². The van der Waals surface area contributed by atoms with E-state index < -0.39 is 0 Å². The van der Waals surface area contributed by atoms with Crippen molar-refractivity contribution >= 4 is 0 Å². The molecule has 2 heteroatoms. The van der Waals surface area contributed by atoms with Gasteiger partial charge in [-0.05, 0) is 38.3 Å². The lowest BCUT2D eigenvalue weighted by molar-refractivity contribution is -0.0332. The molecule has 1 saturated heterocycles. The van der Waals surface area contributed by atoms with Gasteiger partial charge in [0.15, 0.2) is 0 Å². The molecule has 2 unspecified atom stereocenters. The van der Waals surface area contributed by atoms with Gasteiger partial charge in [-0.2, -0.15) is 0 Å². The Balaban J connectivity index is 2.30. The van der Waals surface area contributed by atoms with Crippen LogP contribution in [0.2, 0.25) is 0 Å². The molecule has 0 saturated carbocycles. The molecule has 12 heavy (non-hydrogen) atoms. The zero-order valence-electron chi connectivity index (χ0n) is 8.47. The first-order chi connectivity index (χ1) is 5.74. The average Bonchev–Trinajstić information content (AvgIpc) is 2.05. The van der Waals surface area contributed by atoms with Crippen LogP contribution in [-0.4, -0.2) is 26.3 Å². The van der Waals surface area contributed by atoms with Crippen molar-refractivity contribution in [1.82, 2.24) is 5.32 Å². The number of rotatable bonds is 3. The van der Waals surface area contributed by atoms with Gasteiger partial charge in [-0.1, -0.05) is 13.8 Å². The lowest BCUT2D eigenvalue weighted by Crippen LogP contribution is -2.33. The number of ether oxygens (including phenoxy) is 1. The molecule has 0 bridgehead atoms. The highest BCUT2D eigenvalue weighted by Crippen LogP contribution is 2.24. The van der Waals surface area contributed by atoms with Crippen LogP contribution in [0.5, 0.6) is 0 Å². The van der Waals surface area contributed by atoms with Crippen molar-refractivity contribution in [3.63, 3.8) is 0 Å². The second kappa shape index (κ2) is 4.83. The van der Waals surface area contributed by atoms with Crippen LogP contribution in [0.15, 0.2) is 0 Å². The summed E-state index contributed by atoms with van der Waals surface area (Å²) in [5.74, 6) is 1.50. The van der Waals surface area contributed by atoms with E-state index in [2.05, 4.69) is 19.2 Å². The van der Waals surface area contributed by atoms with Crippen molar-refractivity contribution in [2.75, 3.05) is 20.2 Å². The maximum absolute atomic E-state index is 5.69. The first-order valence-corrected chi connectivity index (χ1v) is 5.00. The zero-order chi connectivity index (χ0) is 8.97. The van der Waals surface area contributed by atoms with Gasteiger partial charge in [-0.3, -0.25) is 0 Å². The fourth-order valence-corrected chi connectivity index (χ4v) is 1.84. The predicted molar refractivity (Wildman–Crippen MR) is 51.2 cm³/mol. The van der Waals surface area contributed by atoms with Gasteiger partial charge in [0, 0.05) is 6.61 Å². The van der Waals surface area contributed by atoms with Gasteiger partial charge in [-0.15, -0.1) is 0 Å². The molecule has 1 heterocycles. The van der Waals surface area contributed by atoms with Crippen LogP contribution in [-0.2, 0) is 4.74 Å². The smallest absolute Gasteiger partial charge is 0.0601 e. The van der Waals surface area contributed by atoms with Gasteiger partial charge in [0.2, 0.25) is 0 Å². The Morgan fingerprint density at radius 1 is 1.50 bits per heavy atom. The summed E-state index contributed by atoms with van der Waals surface area (Å²) < 4.78 is 5.69. The zero-order valence-corrected chi connectivity index (χ0v) is 8.47. The Hall–Kier alpha value is -0.0800. The van der Waals surface area contributed by atoms with E-state index >= 15 is 0 Å². The van der Waals surface area contributed by atoms with E-state index in [1.807, 2.05) is 7.05 Å². The van der Waals surface area contributed by atoms with Gasteiger partial charge in [0.25, 0.3) is 0 Å². The summed E-state index contributed by atoms with van der Waals surface area (Å²) in [5.41, 5.74) is 0. The highest BCUT2D eigenvalue weighted by Gasteiger charge is 2.23. The van der Waals surface area contributed by atoms with Crippen LogP contribution in [0.25, 0.3) is 0 Å². The molecule has 0 spiro atoms. The van der Waals surface area contributed by atoms with Crippen molar-refractivity contribution in [3.05, 3.63) is 0 Å². The molecule has 1 aliphatic rings. The maximum Gasteiger partial charge on any atom is 0.0601 e. The standard InChI is InChI=1S/C10H21NO/c1-8(2)10-6-9(7-11-3)4-5-12-10/h8-11H,4-7H2,1-3H3. The monoisotopic (exact) mass is 171 g/mol. The molecule has 0 amide bonds.